The Morgan fingerprint density at radius 2 is 2.06 bits per heavy atom. The number of rotatable bonds is 9. The lowest BCUT2D eigenvalue weighted by molar-refractivity contribution is -0.136. The summed E-state index contributed by atoms with van der Waals surface area (Å²) in [6, 6.07) is 12.5. The fourth-order valence-corrected chi connectivity index (χ4v) is 5.08. The Balaban J connectivity index is 1.41. The number of aromatic nitrogens is 1. The molecule has 1 atom stereocenters. The van der Waals surface area contributed by atoms with E-state index in [-0.39, 0.29) is 11.8 Å². The van der Waals surface area contributed by atoms with Crippen LogP contribution >= 0.6 is 11.6 Å². The van der Waals surface area contributed by atoms with E-state index in [0.717, 1.165) is 54.7 Å². The zero-order valence-electron chi connectivity index (χ0n) is 20.5. The molecule has 0 fully saturated rings. The van der Waals surface area contributed by atoms with Gasteiger partial charge in [0, 0.05) is 49.2 Å². The van der Waals surface area contributed by atoms with E-state index in [4.69, 9.17) is 16.3 Å². The number of H-pyrrole nitrogens is 1. The molecule has 182 valence electrons. The van der Waals surface area contributed by atoms with E-state index >= 15 is 0 Å². The Bertz CT molecular complexity index is 1120. The minimum atomic E-state index is -0.121. The number of nitrogens with zero attached hydrogens (tertiary/aromatic N) is 1. The van der Waals surface area contributed by atoms with Gasteiger partial charge in [-0.2, -0.15) is 0 Å². The van der Waals surface area contributed by atoms with Gasteiger partial charge in [-0.3, -0.25) is 4.79 Å². The molecular weight excluding hydrogens is 446 g/mol. The molecule has 1 aliphatic heterocycles. The second-order valence-corrected chi connectivity index (χ2v) is 10.3. The van der Waals surface area contributed by atoms with Crippen molar-refractivity contribution in [1.29, 1.82) is 0 Å². The van der Waals surface area contributed by atoms with Gasteiger partial charge in [0.05, 0.1) is 11.6 Å². The molecule has 6 heteroatoms. The van der Waals surface area contributed by atoms with E-state index in [9.17, 15) is 4.79 Å². The molecule has 0 radical (unpaired) electrons. The normalized spacial score (nSPS) is 14.5. The highest BCUT2D eigenvalue weighted by Gasteiger charge is 2.23. The molecule has 2 heterocycles. The first-order chi connectivity index (χ1) is 16.4. The van der Waals surface area contributed by atoms with Crippen LogP contribution in [-0.2, 0) is 24.3 Å². The lowest BCUT2D eigenvalue weighted by atomic mass is 10.0. The van der Waals surface area contributed by atoms with Crippen molar-refractivity contribution in [2.75, 3.05) is 19.7 Å². The molecule has 1 aliphatic rings. The monoisotopic (exact) mass is 481 g/mol. The first-order valence-electron chi connectivity index (χ1n) is 12.4. The van der Waals surface area contributed by atoms with Crippen molar-refractivity contribution in [1.82, 2.24) is 15.2 Å². The molecule has 0 aliphatic carbocycles. The maximum atomic E-state index is 13.4. The van der Waals surface area contributed by atoms with Crippen LogP contribution in [0, 0.1) is 11.8 Å². The Kier molecular flexibility index (Phi) is 8.17. The van der Waals surface area contributed by atoms with E-state index in [0.29, 0.717) is 30.6 Å². The van der Waals surface area contributed by atoms with Gasteiger partial charge in [0.25, 0.3) is 0 Å². The molecule has 2 aromatic carbocycles. The first kappa shape index (κ1) is 24.6. The van der Waals surface area contributed by atoms with Gasteiger partial charge < -0.3 is 19.9 Å². The number of amides is 1. The smallest absolute Gasteiger partial charge is 0.226 e. The largest absolute Gasteiger partial charge is 0.492 e. The second kappa shape index (κ2) is 11.3. The maximum absolute atomic E-state index is 13.4. The minimum absolute atomic E-state index is 0.121. The third kappa shape index (κ3) is 5.94. The minimum Gasteiger partial charge on any atom is -0.492 e. The Hall–Kier alpha value is -2.50. The summed E-state index contributed by atoms with van der Waals surface area (Å²) in [6.07, 6.45) is 5.07. The summed E-state index contributed by atoms with van der Waals surface area (Å²) in [5.74, 6) is 1.25. The molecule has 1 aromatic heterocycles. The molecule has 1 amide bonds. The zero-order chi connectivity index (χ0) is 24.1. The SMILES string of the molecule is CC(C)CN(Cc1cc(Cl)c2c(c1)CCCCO2)C(=O)C(C)CNCc1cccc2[nH]ccc12. The predicted octanol–water partition coefficient (Wildman–Crippen LogP) is 5.95. The van der Waals surface area contributed by atoms with Gasteiger partial charge in [-0.1, -0.05) is 50.6 Å². The van der Waals surface area contributed by atoms with Gasteiger partial charge in [-0.25, -0.2) is 0 Å². The standard InChI is InChI=1S/C28H36ClN3O2/c1-19(2)17-32(18-21-13-22-7-4-5-12-34-27(22)25(29)14-21)28(33)20(3)15-30-16-23-8-6-9-26-24(23)10-11-31-26/h6,8-11,13-14,19-20,30-31H,4-5,7,12,15-18H2,1-3H3. The van der Waals surface area contributed by atoms with Crippen molar-refractivity contribution in [2.45, 2.75) is 53.1 Å². The maximum Gasteiger partial charge on any atom is 0.226 e. The van der Waals surface area contributed by atoms with Crippen LogP contribution in [0.5, 0.6) is 5.75 Å². The average Bonchev–Trinajstić information content (AvgIpc) is 3.16. The highest BCUT2D eigenvalue weighted by molar-refractivity contribution is 6.32. The Morgan fingerprint density at radius 1 is 1.21 bits per heavy atom. The fourth-order valence-electron chi connectivity index (χ4n) is 4.76. The molecular formula is C28H36ClN3O2. The Labute approximate surface area is 207 Å². The topological polar surface area (TPSA) is 57.4 Å². The molecule has 4 rings (SSSR count). The van der Waals surface area contributed by atoms with Crippen molar-refractivity contribution in [3.05, 3.63) is 64.3 Å². The molecule has 0 saturated carbocycles. The third-order valence-electron chi connectivity index (χ3n) is 6.41. The number of ether oxygens (including phenoxy) is 1. The quantitative estimate of drug-likeness (QED) is 0.397. The van der Waals surface area contributed by atoms with Gasteiger partial charge in [-0.15, -0.1) is 0 Å². The van der Waals surface area contributed by atoms with Crippen molar-refractivity contribution >= 4 is 28.4 Å². The number of nitrogens with one attached hydrogen (secondary N) is 2. The summed E-state index contributed by atoms with van der Waals surface area (Å²) in [7, 11) is 0. The van der Waals surface area contributed by atoms with E-state index in [1.165, 1.54) is 10.9 Å². The van der Waals surface area contributed by atoms with Gasteiger partial charge in [-0.05, 0) is 60.1 Å². The van der Waals surface area contributed by atoms with Gasteiger partial charge >= 0.3 is 0 Å². The van der Waals surface area contributed by atoms with Crippen LogP contribution in [0.2, 0.25) is 5.02 Å². The summed E-state index contributed by atoms with van der Waals surface area (Å²) >= 11 is 6.57. The predicted molar refractivity (Wildman–Crippen MR) is 139 cm³/mol. The van der Waals surface area contributed by atoms with Crippen molar-refractivity contribution in [2.24, 2.45) is 11.8 Å². The summed E-state index contributed by atoms with van der Waals surface area (Å²) in [4.78, 5) is 18.7. The number of aromatic amines is 1. The summed E-state index contributed by atoms with van der Waals surface area (Å²) in [5.41, 5.74) is 4.60. The first-order valence-corrected chi connectivity index (χ1v) is 12.8. The van der Waals surface area contributed by atoms with Crippen LogP contribution < -0.4 is 10.1 Å². The molecule has 2 N–H and O–H groups in total. The van der Waals surface area contributed by atoms with Crippen LogP contribution in [0.4, 0.5) is 0 Å². The number of carbonyl (C=O) groups is 1. The van der Waals surface area contributed by atoms with E-state index in [2.05, 4.69) is 54.5 Å². The van der Waals surface area contributed by atoms with Crippen LogP contribution in [0.15, 0.2) is 42.6 Å². The zero-order valence-corrected chi connectivity index (χ0v) is 21.3. The lowest BCUT2D eigenvalue weighted by Gasteiger charge is -2.28. The van der Waals surface area contributed by atoms with Crippen molar-refractivity contribution in [3.8, 4) is 5.75 Å². The highest BCUT2D eigenvalue weighted by Crippen LogP contribution is 2.34. The molecule has 0 saturated heterocycles. The van der Waals surface area contributed by atoms with Gasteiger partial charge in [0.2, 0.25) is 5.91 Å². The molecule has 5 nitrogen and oxygen atoms in total. The highest BCUT2D eigenvalue weighted by atomic mass is 35.5. The van der Waals surface area contributed by atoms with Crippen LogP contribution in [0.3, 0.4) is 0 Å². The number of halogens is 1. The summed E-state index contributed by atoms with van der Waals surface area (Å²) < 4.78 is 5.87. The number of hydrogen-bond donors (Lipinski definition) is 2. The molecule has 34 heavy (non-hydrogen) atoms. The number of benzene rings is 2. The van der Waals surface area contributed by atoms with Gasteiger partial charge in [0.1, 0.15) is 5.75 Å². The fraction of sp³-hybridized carbons (Fsp3) is 0.464. The summed E-state index contributed by atoms with van der Waals surface area (Å²) in [5, 5.41) is 5.37. The van der Waals surface area contributed by atoms with Crippen molar-refractivity contribution in [3.63, 3.8) is 0 Å². The van der Waals surface area contributed by atoms with Crippen molar-refractivity contribution < 1.29 is 9.53 Å². The number of carbonyl (C=O) groups excluding carboxylic acids is 1. The van der Waals surface area contributed by atoms with Crippen LogP contribution in [-0.4, -0.2) is 35.5 Å². The van der Waals surface area contributed by atoms with E-state index in [1.807, 2.05) is 24.1 Å². The third-order valence-corrected chi connectivity index (χ3v) is 6.69. The Morgan fingerprint density at radius 3 is 2.88 bits per heavy atom. The number of fused-ring (bicyclic) bond motifs is 2. The van der Waals surface area contributed by atoms with Crippen LogP contribution in [0.25, 0.3) is 10.9 Å². The average molecular weight is 482 g/mol. The molecule has 3 aromatic rings. The van der Waals surface area contributed by atoms with Crippen LogP contribution in [0.1, 0.15) is 50.3 Å². The number of aryl methyl sites for hydroxylation is 1. The summed E-state index contributed by atoms with van der Waals surface area (Å²) in [6.45, 7) is 9.68. The van der Waals surface area contributed by atoms with Gasteiger partial charge in [0.15, 0.2) is 0 Å². The molecule has 0 spiro atoms. The number of hydrogen-bond acceptors (Lipinski definition) is 3. The van der Waals surface area contributed by atoms with E-state index < -0.39 is 0 Å². The molecule has 1 unspecified atom stereocenters. The second-order valence-electron chi connectivity index (χ2n) is 9.87. The molecule has 0 bridgehead atoms. The lowest BCUT2D eigenvalue weighted by Crippen LogP contribution is -2.40. The van der Waals surface area contributed by atoms with E-state index in [1.54, 1.807) is 0 Å².